The fourth-order valence-corrected chi connectivity index (χ4v) is 2.45. The van der Waals surface area contributed by atoms with Gasteiger partial charge in [0.2, 0.25) is 9.70 Å². The molecule has 0 aromatic heterocycles. The smallest absolute Gasteiger partial charge is 0.220 e. The second-order valence-corrected chi connectivity index (χ2v) is 8.00. The van der Waals surface area contributed by atoms with Gasteiger partial charge >= 0.3 is 0 Å². The van der Waals surface area contributed by atoms with Gasteiger partial charge in [-0.1, -0.05) is 60.8 Å². The lowest BCUT2D eigenvalue weighted by Gasteiger charge is -2.27. The number of hydrogen-bond donors (Lipinski definition) is 1. The van der Waals surface area contributed by atoms with Crippen molar-refractivity contribution in [1.29, 1.82) is 0 Å². The normalized spacial score (nSPS) is 13.1. The molecule has 0 spiro atoms. The molecule has 1 atom stereocenters. The molecule has 1 amide bonds. The van der Waals surface area contributed by atoms with E-state index in [1.165, 1.54) is 0 Å². The molecule has 1 unspecified atom stereocenters. The molecule has 1 aromatic carbocycles. The molecule has 1 aromatic rings. The first-order valence-corrected chi connectivity index (χ1v) is 7.88. The summed E-state index contributed by atoms with van der Waals surface area (Å²) in [6.45, 7) is 3.94. The van der Waals surface area contributed by atoms with Gasteiger partial charge in [0.15, 0.2) is 0 Å². The predicted molar refractivity (Wildman–Crippen MR) is 91.4 cm³/mol. The van der Waals surface area contributed by atoms with Crippen LogP contribution in [0.2, 0.25) is 0 Å². The molecule has 0 saturated heterocycles. The number of carbonyl (C=O) groups is 1. The van der Waals surface area contributed by atoms with Gasteiger partial charge in [0.1, 0.15) is 6.04 Å². The number of alkyl halides is 3. The summed E-state index contributed by atoms with van der Waals surface area (Å²) in [6, 6.07) is 6.89. The lowest BCUT2D eigenvalue weighted by atomic mass is 10.1. The maximum Gasteiger partial charge on any atom is 0.220 e. The summed E-state index contributed by atoms with van der Waals surface area (Å²) < 4.78 is -1.60. The summed E-state index contributed by atoms with van der Waals surface area (Å²) in [5, 5.41) is 2.80. The average molecular weight is 352 g/mol. The van der Waals surface area contributed by atoms with Gasteiger partial charge in [0.25, 0.3) is 0 Å². The number of nitrogens with zero attached hydrogens (tertiary/aromatic N) is 1. The zero-order valence-corrected chi connectivity index (χ0v) is 14.9. The number of carbonyl (C=O) groups excluding carboxylic acids is 1. The Morgan fingerprint density at radius 1 is 1.19 bits per heavy atom. The molecule has 0 aliphatic rings. The quantitative estimate of drug-likeness (QED) is 0.801. The van der Waals surface area contributed by atoms with E-state index in [1.807, 2.05) is 57.1 Å². The molecule has 0 bridgehead atoms. The first-order chi connectivity index (χ1) is 9.61. The fourth-order valence-electron chi connectivity index (χ4n) is 1.91. The first-order valence-electron chi connectivity index (χ1n) is 6.74. The lowest BCUT2D eigenvalue weighted by Crippen LogP contribution is -2.36. The molecule has 1 rings (SSSR count). The largest absolute Gasteiger partial charge is 0.378 e. The van der Waals surface area contributed by atoms with E-state index in [9.17, 15) is 4.79 Å². The highest BCUT2D eigenvalue weighted by Crippen LogP contribution is 2.40. The van der Waals surface area contributed by atoms with E-state index in [2.05, 4.69) is 5.32 Å². The van der Waals surface area contributed by atoms with Crippen molar-refractivity contribution in [3.8, 4) is 0 Å². The van der Waals surface area contributed by atoms with Gasteiger partial charge in [0, 0.05) is 26.2 Å². The van der Waals surface area contributed by atoms with Crippen molar-refractivity contribution in [1.82, 2.24) is 5.32 Å². The van der Waals surface area contributed by atoms with E-state index in [1.54, 1.807) is 0 Å². The van der Waals surface area contributed by atoms with E-state index in [0.29, 0.717) is 6.42 Å². The molecular weight excluding hydrogens is 331 g/mol. The zero-order chi connectivity index (χ0) is 16.2. The monoisotopic (exact) mass is 350 g/mol. The van der Waals surface area contributed by atoms with Crippen LogP contribution in [0.1, 0.15) is 31.9 Å². The predicted octanol–water partition coefficient (Wildman–Crippen LogP) is 4.33. The zero-order valence-electron chi connectivity index (χ0n) is 12.7. The van der Waals surface area contributed by atoms with E-state index < -0.39 is 9.83 Å². The second-order valence-electron chi connectivity index (χ2n) is 5.63. The topological polar surface area (TPSA) is 32.3 Å². The van der Waals surface area contributed by atoms with Crippen LogP contribution in [0.4, 0.5) is 5.69 Å². The molecule has 118 valence electrons. The van der Waals surface area contributed by atoms with Crippen molar-refractivity contribution in [3.63, 3.8) is 0 Å². The van der Waals surface area contributed by atoms with E-state index in [4.69, 9.17) is 34.8 Å². The minimum atomic E-state index is -1.60. The molecule has 0 aliphatic heterocycles. The minimum Gasteiger partial charge on any atom is -0.378 e. The summed E-state index contributed by atoms with van der Waals surface area (Å²) in [7, 11) is 3.90. The van der Waals surface area contributed by atoms with Crippen molar-refractivity contribution >= 4 is 46.4 Å². The Balaban J connectivity index is 2.95. The number of nitrogens with one attached hydrogen (secondary N) is 1. The van der Waals surface area contributed by atoms with Gasteiger partial charge in [-0.15, -0.1) is 0 Å². The van der Waals surface area contributed by atoms with Gasteiger partial charge in [-0.25, -0.2) is 0 Å². The lowest BCUT2D eigenvalue weighted by molar-refractivity contribution is -0.122. The Kier molecular flexibility index (Phi) is 6.64. The standard InChI is InChI=1S/C15H21Cl3N2O/c1-10(2)9-13(21)19-14(15(16,17)18)11-5-7-12(8-6-11)20(3)4/h5-8,10,14H,9H2,1-4H3,(H,19,21). The summed E-state index contributed by atoms with van der Waals surface area (Å²) in [5.41, 5.74) is 1.80. The van der Waals surface area contributed by atoms with Crippen LogP contribution in [-0.4, -0.2) is 23.8 Å². The molecule has 3 nitrogen and oxygen atoms in total. The highest BCUT2D eigenvalue weighted by Gasteiger charge is 2.35. The summed E-state index contributed by atoms with van der Waals surface area (Å²) in [4.78, 5) is 13.9. The van der Waals surface area contributed by atoms with Crippen LogP contribution in [-0.2, 0) is 4.79 Å². The van der Waals surface area contributed by atoms with E-state index in [0.717, 1.165) is 11.3 Å². The molecule has 0 heterocycles. The number of benzene rings is 1. The molecule has 6 heteroatoms. The number of halogens is 3. The van der Waals surface area contributed by atoms with Gasteiger partial charge in [-0.05, 0) is 23.6 Å². The third kappa shape index (κ3) is 5.93. The van der Waals surface area contributed by atoms with Gasteiger partial charge in [0.05, 0.1) is 0 Å². The van der Waals surface area contributed by atoms with Crippen LogP contribution < -0.4 is 10.2 Å². The highest BCUT2D eigenvalue weighted by atomic mass is 35.6. The fraction of sp³-hybridized carbons (Fsp3) is 0.533. The van der Waals surface area contributed by atoms with Crippen LogP contribution in [0.3, 0.4) is 0 Å². The average Bonchev–Trinajstić information content (AvgIpc) is 2.34. The van der Waals surface area contributed by atoms with Gasteiger partial charge in [-0.2, -0.15) is 0 Å². The SMILES string of the molecule is CC(C)CC(=O)NC(c1ccc(N(C)C)cc1)C(Cl)(Cl)Cl. The first kappa shape index (κ1) is 18.4. The Bertz CT molecular complexity index is 467. The molecular formula is C15H21Cl3N2O. The van der Waals surface area contributed by atoms with Crippen LogP contribution in [0.15, 0.2) is 24.3 Å². The molecule has 0 aliphatic carbocycles. The van der Waals surface area contributed by atoms with Crippen LogP contribution in [0.25, 0.3) is 0 Å². The number of anilines is 1. The molecule has 0 radical (unpaired) electrons. The molecule has 0 fully saturated rings. The van der Waals surface area contributed by atoms with Crippen molar-refractivity contribution < 1.29 is 4.79 Å². The summed E-state index contributed by atoms with van der Waals surface area (Å²) in [5.74, 6) is 0.121. The third-order valence-electron chi connectivity index (χ3n) is 2.97. The van der Waals surface area contributed by atoms with Gasteiger partial charge < -0.3 is 10.2 Å². The van der Waals surface area contributed by atoms with Crippen molar-refractivity contribution in [3.05, 3.63) is 29.8 Å². The van der Waals surface area contributed by atoms with Crippen LogP contribution in [0, 0.1) is 5.92 Å². The molecule has 1 N–H and O–H groups in total. The third-order valence-corrected chi connectivity index (χ3v) is 3.62. The Morgan fingerprint density at radius 3 is 2.10 bits per heavy atom. The minimum absolute atomic E-state index is 0.127. The number of amides is 1. The Labute approximate surface area is 141 Å². The van der Waals surface area contributed by atoms with Crippen molar-refractivity contribution in [2.45, 2.75) is 30.1 Å². The number of hydrogen-bond acceptors (Lipinski definition) is 2. The second kappa shape index (κ2) is 7.57. The van der Waals surface area contributed by atoms with E-state index in [-0.39, 0.29) is 11.8 Å². The van der Waals surface area contributed by atoms with Crippen molar-refractivity contribution in [2.75, 3.05) is 19.0 Å². The summed E-state index contributed by atoms with van der Waals surface area (Å²) in [6.07, 6.45) is 0.396. The molecule has 0 saturated carbocycles. The Morgan fingerprint density at radius 2 is 1.71 bits per heavy atom. The Hall–Kier alpha value is -0.640. The highest BCUT2D eigenvalue weighted by molar-refractivity contribution is 6.68. The maximum absolute atomic E-state index is 12.0. The van der Waals surface area contributed by atoms with Gasteiger partial charge in [-0.3, -0.25) is 4.79 Å². The van der Waals surface area contributed by atoms with Crippen LogP contribution in [0.5, 0.6) is 0 Å². The molecule has 21 heavy (non-hydrogen) atoms. The van der Waals surface area contributed by atoms with Crippen LogP contribution >= 0.6 is 34.8 Å². The van der Waals surface area contributed by atoms with Crippen molar-refractivity contribution in [2.24, 2.45) is 5.92 Å². The summed E-state index contributed by atoms with van der Waals surface area (Å²) >= 11 is 18.1. The van der Waals surface area contributed by atoms with E-state index >= 15 is 0 Å². The number of rotatable bonds is 5. The maximum atomic E-state index is 12.0.